The van der Waals surface area contributed by atoms with Crippen molar-refractivity contribution >= 4 is 26.8 Å². The van der Waals surface area contributed by atoms with E-state index in [0.29, 0.717) is 5.78 Å². The van der Waals surface area contributed by atoms with Crippen LogP contribution in [0.5, 0.6) is 0 Å². The Morgan fingerprint density at radius 2 is 1.59 bits per heavy atom. The third-order valence-electron chi connectivity index (χ3n) is 1.36. The third-order valence-corrected chi connectivity index (χ3v) is 2.79. The minimum absolute atomic E-state index is 0.222. The molecule has 0 unspecified atom stereocenters. The van der Waals surface area contributed by atoms with Crippen LogP contribution in [0, 0.1) is 5.92 Å². The number of alkyl halides is 3. The number of hydrogen-bond donors (Lipinski definition) is 0. The zero-order chi connectivity index (χ0) is 14.4. The van der Waals surface area contributed by atoms with Gasteiger partial charge in [0.2, 0.25) is 0 Å². The van der Waals surface area contributed by atoms with Crippen LogP contribution in [0.4, 0.5) is 13.2 Å². The molecule has 0 atom stereocenters. The summed E-state index contributed by atoms with van der Waals surface area (Å²) in [6.45, 7) is 3.91. The summed E-state index contributed by atoms with van der Waals surface area (Å²) in [6, 6.07) is 0. The molecule has 0 aliphatic heterocycles. The third kappa shape index (κ3) is 10.6. The summed E-state index contributed by atoms with van der Waals surface area (Å²) in [5.41, 5.74) is -5.65. The fourth-order valence-corrected chi connectivity index (χ4v) is 1.35. The van der Waals surface area contributed by atoms with Crippen molar-refractivity contribution in [2.24, 2.45) is 5.92 Å². The number of hydrogen-bond acceptors (Lipinski definition) is 4. The molecule has 0 radical (unpaired) electrons. The van der Waals surface area contributed by atoms with Crippen LogP contribution in [0.1, 0.15) is 13.8 Å². The zero-order valence-electron chi connectivity index (χ0n) is 9.87. The highest BCUT2D eigenvalue weighted by Gasteiger charge is 2.36. The molecule has 0 amide bonds. The van der Waals surface area contributed by atoms with Crippen LogP contribution in [0.25, 0.3) is 0 Å². The summed E-state index contributed by atoms with van der Waals surface area (Å²) in [7, 11) is -5.81. The summed E-state index contributed by atoms with van der Waals surface area (Å²) in [6.07, 6.45) is 4.20. The summed E-state index contributed by atoms with van der Waals surface area (Å²) in [5.74, 6) is 1.38. The van der Waals surface area contributed by atoms with Gasteiger partial charge < -0.3 is 4.55 Å². The van der Waals surface area contributed by atoms with Gasteiger partial charge in [0, 0.05) is 5.92 Å². The van der Waals surface area contributed by atoms with Gasteiger partial charge in [0.15, 0.2) is 21.7 Å². The van der Waals surface area contributed by atoms with E-state index < -0.39 is 15.6 Å². The highest BCUT2D eigenvalue weighted by atomic mass is 32.2. The lowest BCUT2D eigenvalue weighted by Crippen LogP contribution is -2.21. The molecule has 0 aromatic carbocycles. The first-order valence-electron chi connectivity index (χ1n) is 4.38. The highest BCUT2D eigenvalue weighted by molar-refractivity contribution is 7.96. The first-order chi connectivity index (χ1) is 7.29. The molecule has 0 saturated carbocycles. The smallest absolute Gasteiger partial charge is 0.485 e. The fraction of sp³-hybridized carbons (Fsp3) is 0.875. The van der Waals surface area contributed by atoms with E-state index in [1.54, 1.807) is 0 Å². The van der Waals surface area contributed by atoms with Gasteiger partial charge in [0.05, 0.1) is 12.5 Å². The minimum atomic E-state index is -6.09. The summed E-state index contributed by atoms with van der Waals surface area (Å²) >= 11 is 0. The average Bonchev–Trinajstić information content (AvgIpc) is 1.99. The maximum atomic E-state index is 11.0. The quantitative estimate of drug-likeness (QED) is 0.445. The molecule has 0 aliphatic carbocycles. The van der Waals surface area contributed by atoms with E-state index in [-0.39, 0.29) is 16.8 Å². The number of carbonyl (C=O) groups is 1. The van der Waals surface area contributed by atoms with Crippen LogP contribution in [0.15, 0.2) is 0 Å². The first kappa shape index (κ1) is 19.1. The molecule has 0 aliphatic rings. The van der Waals surface area contributed by atoms with Crippen molar-refractivity contribution in [3.05, 3.63) is 0 Å². The van der Waals surface area contributed by atoms with Crippen molar-refractivity contribution in [3.63, 3.8) is 0 Å². The molecule has 4 nitrogen and oxygen atoms in total. The summed E-state index contributed by atoms with van der Waals surface area (Å²) in [4.78, 5) is 11.0. The molecule has 0 bridgehead atoms. The molecule has 0 saturated heterocycles. The van der Waals surface area contributed by atoms with Gasteiger partial charge in [-0.15, -0.1) is 0 Å². The molecular formula is C8H15F3O4S2. The molecule has 0 fully saturated rings. The second-order valence-electron chi connectivity index (χ2n) is 3.65. The van der Waals surface area contributed by atoms with E-state index >= 15 is 0 Å². The van der Waals surface area contributed by atoms with E-state index in [1.165, 1.54) is 0 Å². The monoisotopic (exact) mass is 296 g/mol. The Labute approximate surface area is 102 Å². The molecule has 0 spiro atoms. The van der Waals surface area contributed by atoms with Gasteiger partial charge in [-0.25, -0.2) is 8.42 Å². The standard InChI is InChI=1S/C7H15OS.CHF3O3S/c1-6(2)7(8)5-9(3)4;2-1(3,4)8(5,6)7/h6H,5H2,1-4H3;(H,5,6,7)/q+1;/p-1. The van der Waals surface area contributed by atoms with Gasteiger partial charge in [0.25, 0.3) is 0 Å². The number of carbonyl (C=O) groups excluding carboxylic acids is 1. The molecule has 9 heteroatoms. The number of Topliss-reactive ketones (excluding diaryl/α,β-unsaturated/α-hetero) is 1. The van der Waals surface area contributed by atoms with Gasteiger partial charge in [-0.1, -0.05) is 13.8 Å². The average molecular weight is 296 g/mol. The van der Waals surface area contributed by atoms with Gasteiger partial charge in [-0.05, 0) is 10.9 Å². The lowest BCUT2D eigenvalue weighted by atomic mass is 10.1. The van der Waals surface area contributed by atoms with Crippen LogP contribution in [0.3, 0.4) is 0 Å². The molecule has 0 N–H and O–H groups in total. The Morgan fingerprint density at radius 1 is 1.29 bits per heavy atom. The van der Waals surface area contributed by atoms with Crippen molar-refractivity contribution in [2.75, 3.05) is 18.3 Å². The minimum Gasteiger partial charge on any atom is -0.741 e. The normalized spacial score (nSPS) is 12.4. The Kier molecular flexibility index (Phi) is 8.10. The van der Waals surface area contributed by atoms with Crippen LogP contribution in [-0.4, -0.2) is 42.5 Å². The molecule has 104 valence electrons. The largest absolute Gasteiger partial charge is 0.741 e. The Balaban J connectivity index is 0. The Hall–Kier alpha value is -0.280. The number of halogens is 3. The van der Waals surface area contributed by atoms with Crippen molar-refractivity contribution in [1.29, 1.82) is 0 Å². The zero-order valence-corrected chi connectivity index (χ0v) is 11.5. The predicted molar refractivity (Wildman–Crippen MR) is 59.7 cm³/mol. The van der Waals surface area contributed by atoms with Crippen molar-refractivity contribution in [2.45, 2.75) is 19.4 Å². The molecule has 0 heterocycles. The maximum absolute atomic E-state index is 11.0. The van der Waals surface area contributed by atoms with E-state index in [4.69, 9.17) is 13.0 Å². The van der Waals surface area contributed by atoms with Crippen LogP contribution < -0.4 is 0 Å². The second kappa shape index (κ2) is 7.22. The van der Waals surface area contributed by atoms with E-state index in [0.717, 1.165) is 5.75 Å². The van der Waals surface area contributed by atoms with Crippen molar-refractivity contribution in [3.8, 4) is 0 Å². The highest BCUT2D eigenvalue weighted by Crippen LogP contribution is 2.20. The van der Waals surface area contributed by atoms with Crippen LogP contribution in [-0.2, 0) is 25.8 Å². The molecule has 0 aromatic rings. The van der Waals surface area contributed by atoms with E-state index in [9.17, 15) is 18.0 Å². The molecule has 0 rings (SSSR count). The van der Waals surface area contributed by atoms with Crippen molar-refractivity contribution in [1.82, 2.24) is 0 Å². The van der Waals surface area contributed by atoms with Gasteiger partial charge >= 0.3 is 5.51 Å². The van der Waals surface area contributed by atoms with E-state index in [2.05, 4.69) is 12.5 Å². The van der Waals surface area contributed by atoms with Gasteiger partial charge in [-0.2, -0.15) is 13.2 Å². The molecule has 0 aromatic heterocycles. The maximum Gasteiger partial charge on any atom is 0.485 e. The lowest BCUT2D eigenvalue weighted by molar-refractivity contribution is -0.119. The number of ketones is 1. The SMILES string of the molecule is CC(C)C(=O)C[S+](C)C.O=S(=O)([O-])C(F)(F)F. The lowest BCUT2D eigenvalue weighted by Gasteiger charge is -2.08. The van der Waals surface area contributed by atoms with Gasteiger partial charge in [0.1, 0.15) is 0 Å². The van der Waals surface area contributed by atoms with Crippen LogP contribution in [0.2, 0.25) is 0 Å². The number of rotatable bonds is 3. The Morgan fingerprint density at radius 3 is 1.65 bits per heavy atom. The topological polar surface area (TPSA) is 74.3 Å². The fourth-order valence-electron chi connectivity index (χ4n) is 0.451. The summed E-state index contributed by atoms with van der Waals surface area (Å²) in [5, 5.41) is 0. The van der Waals surface area contributed by atoms with Crippen LogP contribution >= 0.6 is 0 Å². The Bertz CT molecular complexity index is 333. The second-order valence-corrected chi connectivity index (χ2v) is 7.28. The molecule has 17 heavy (non-hydrogen) atoms. The molecular weight excluding hydrogens is 281 g/mol. The van der Waals surface area contributed by atoms with E-state index in [1.807, 2.05) is 13.8 Å². The van der Waals surface area contributed by atoms with Crippen molar-refractivity contribution < 1.29 is 30.9 Å². The summed E-state index contributed by atoms with van der Waals surface area (Å²) < 4.78 is 58.9. The predicted octanol–water partition coefficient (Wildman–Crippen LogP) is 1.14. The first-order valence-corrected chi connectivity index (χ1v) is 8.00. The van der Waals surface area contributed by atoms with Gasteiger partial charge in [-0.3, -0.25) is 4.79 Å².